The highest BCUT2D eigenvalue weighted by Crippen LogP contribution is 2.19. The summed E-state index contributed by atoms with van der Waals surface area (Å²) in [7, 11) is 1.76. The predicted octanol–water partition coefficient (Wildman–Crippen LogP) is 5.26. The fourth-order valence-electron chi connectivity index (χ4n) is 3.32. The second-order valence-corrected chi connectivity index (χ2v) is 8.24. The number of carbonyl (C=O) groups is 2. The maximum atomic E-state index is 12.9. The van der Waals surface area contributed by atoms with Crippen molar-refractivity contribution >= 4 is 34.8 Å². The maximum absolute atomic E-state index is 12.9. The highest BCUT2D eigenvalue weighted by atomic mass is 32.1. The van der Waals surface area contributed by atoms with E-state index in [0.717, 1.165) is 18.4 Å². The highest BCUT2D eigenvalue weighted by Gasteiger charge is 2.15. The van der Waals surface area contributed by atoms with Gasteiger partial charge >= 0.3 is 0 Å². The van der Waals surface area contributed by atoms with Crippen LogP contribution in [0.25, 0.3) is 0 Å². The van der Waals surface area contributed by atoms with Crippen molar-refractivity contribution < 1.29 is 14.3 Å². The van der Waals surface area contributed by atoms with Gasteiger partial charge in [-0.25, -0.2) is 0 Å². The van der Waals surface area contributed by atoms with Gasteiger partial charge in [-0.1, -0.05) is 61.9 Å². The maximum Gasteiger partial charge on any atom is 0.261 e. The minimum absolute atomic E-state index is 0.111. The summed E-state index contributed by atoms with van der Waals surface area (Å²) in [6, 6.07) is 23.9. The van der Waals surface area contributed by atoms with E-state index in [1.165, 1.54) is 0 Å². The van der Waals surface area contributed by atoms with Crippen molar-refractivity contribution in [2.24, 2.45) is 0 Å². The zero-order valence-corrected chi connectivity index (χ0v) is 20.2. The number of rotatable bonds is 9. The molecular formula is C27H29N3O3S. The summed E-state index contributed by atoms with van der Waals surface area (Å²) in [5.74, 6) is 0.0466. The van der Waals surface area contributed by atoms with Gasteiger partial charge in [0.05, 0.1) is 12.2 Å². The van der Waals surface area contributed by atoms with E-state index in [2.05, 4.69) is 17.6 Å². The summed E-state index contributed by atoms with van der Waals surface area (Å²) in [6.45, 7) is 3.13. The third-order valence-corrected chi connectivity index (χ3v) is 5.29. The van der Waals surface area contributed by atoms with Gasteiger partial charge in [0, 0.05) is 24.8 Å². The van der Waals surface area contributed by atoms with Gasteiger partial charge in [-0.15, -0.1) is 0 Å². The lowest BCUT2D eigenvalue weighted by molar-refractivity contribution is 0.0785. The van der Waals surface area contributed by atoms with Crippen LogP contribution in [0.2, 0.25) is 0 Å². The minimum atomic E-state index is -0.362. The van der Waals surface area contributed by atoms with Crippen LogP contribution in [0.5, 0.6) is 5.75 Å². The second-order valence-electron chi connectivity index (χ2n) is 7.83. The molecule has 2 N–H and O–H groups in total. The molecule has 0 atom stereocenters. The third-order valence-electron chi connectivity index (χ3n) is 5.09. The monoisotopic (exact) mass is 475 g/mol. The summed E-state index contributed by atoms with van der Waals surface area (Å²) < 4.78 is 5.74. The molecule has 0 radical (unpaired) electrons. The van der Waals surface area contributed by atoms with Gasteiger partial charge in [-0.05, 0) is 54.5 Å². The highest BCUT2D eigenvalue weighted by molar-refractivity contribution is 7.80. The normalized spacial score (nSPS) is 10.3. The van der Waals surface area contributed by atoms with Crippen molar-refractivity contribution in [3.8, 4) is 5.75 Å². The molecule has 0 saturated heterocycles. The molecule has 0 aromatic heterocycles. The van der Waals surface area contributed by atoms with Crippen LogP contribution in [0.3, 0.4) is 0 Å². The molecular weight excluding hydrogens is 446 g/mol. The number of thiocarbonyl (C=S) groups is 1. The fraction of sp³-hybridized carbons (Fsp3) is 0.222. The van der Waals surface area contributed by atoms with Crippen molar-refractivity contribution in [1.29, 1.82) is 0 Å². The number of unbranched alkanes of at least 4 members (excludes halogenated alkanes) is 1. The average Bonchev–Trinajstić information content (AvgIpc) is 2.84. The number of carbonyl (C=O) groups excluding carboxylic acids is 2. The van der Waals surface area contributed by atoms with Crippen LogP contribution in [0.4, 0.5) is 5.69 Å². The molecule has 0 aliphatic heterocycles. The average molecular weight is 476 g/mol. The van der Waals surface area contributed by atoms with Crippen LogP contribution in [-0.2, 0) is 6.54 Å². The quantitative estimate of drug-likeness (QED) is 0.326. The van der Waals surface area contributed by atoms with Gasteiger partial charge in [-0.2, -0.15) is 0 Å². The van der Waals surface area contributed by atoms with Gasteiger partial charge in [0.25, 0.3) is 11.8 Å². The molecule has 0 spiro atoms. The zero-order valence-electron chi connectivity index (χ0n) is 19.4. The summed E-state index contributed by atoms with van der Waals surface area (Å²) in [5, 5.41) is 5.81. The number of benzene rings is 3. The van der Waals surface area contributed by atoms with Gasteiger partial charge < -0.3 is 15.0 Å². The Morgan fingerprint density at radius 2 is 1.71 bits per heavy atom. The van der Waals surface area contributed by atoms with E-state index in [1.807, 2.05) is 36.4 Å². The van der Waals surface area contributed by atoms with Crippen LogP contribution in [0.15, 0.2) is 78.9 Å². The summed E-state index contributed by atoms with van der Waals surface area (Å²) in [6.07, 6.45) is 1.91. The van der Waals surface area contributed by atoms with Crippen molar-refractivity contribution in [1.82, 2.24) is 10.2 Å². The predicted molar refractivity (Wildman–Crippen MR) is 139 cm³/mol. The lowest BCUT2D eigenvalue weighted by Crippen LogP contribution is -2.34. The van der Waals surface area contributed by atoms with E-state index < -0.39 is 0 Å². The van der Waals surface area contributed by atoms with Crippen LogP contribution >= 0.6 is 12.2 Å². The Bertz CT molecular complexity index is 1130. The molecule has 0 bridgehead atoms. The molecule has 0 unspecified atom stereocenters. The topological polar surface area (TPSA) is 70.7 Å². The Morgan fingerprint density at radius 3 is 2.47 bits per heavy atom. The molecule has 0 saturated carbocycles. The number of nitrogens with one attached hydrogen (secondary N) is 2. The Balaban J connectivity index is 1.61. The van der Waals surface area contributed by atoms with E-state index in [4.69, 9.17) is 17.0 Å². The Kier molecular flexibility index (Phi) is 9.17. The standard InChI is InChI=1S/C27H29N3O3S/c1-3-4-17-33-24-16-9-8-15-23(24)25(31)29-27(34)28-22-14-10-13-21(18-22)26(32)30(2)19-20-11-6-5-7-12-20/h5-16,18H,3-4,17,19H2,1-2H3,(H2,28,29,31,34). The summed E-state index contributed by atoms with van der Waals surface area (Å²) >= 11 is 5.33. The Morgan fingerprint density at radius 1 is 0.971 bits per heavy atom. The SMILES string of the molecule is CCCCOc1ccccc1C(=O)NC(=S)Nc1cccc(C(=O)N(C)Cc2ccccc2)c1. The molecule has 0 heterocycles. The minimum Gasteiger partial charge on any atom is -0.493 e. The Hall–Kier alpha value is -3.71. The van der Waals surface area contributed by atoms with Crippen molar-refractivity contribution in [2.45, 2.75) is 26.3 Å². The van der Waals surface area contributed by atoms with Crippen LogP contribution in [0.1, 0.15) is 46.0 Å². The Labute approximate surface area is 205 Å². The second kappa shape index (κ2) is 12.5. The first-order valence-corrected chi connectivity index (χ1v) is 11.6. The molecule has 3 aromatic rings. The van der Waals surface area contributed by atoms with Gasteiger partial charge in [0.1, 0.15) is 5.75 Å². The van der Waals surface area contributed by atoms with E-state index in [9.17, 15) is 9.59 Å². The number of ether oxygens (including phenoxy) is 1. The molecule has 6 nitrogen and oxygen atoms in total. The van der Waals surface area contributed by atoms with Gasteiger partial charge in [-0.3, -0.25) is 14.9 Å². The third kappa shape index (κ3) is 7.15. The number of nitrogens with zero attached hydrogens (tertiary/aromatic N) is 1. The number of hydrogen-bond donors (Lipinski definition) is 2. The lowest BCUT2D eigenvalue weighted by atomic mass is 10.1. The zero-order chi connectivity index (χ0) is 24.3. The number of amides is 2. The lowest BCUT2D eigenvalue weighted by Gasteiger charge is -2.18. The fourth-order valence-corrected chi connectivity index (χ4v) is 3.53. The molecule has 34 heavy (non-hydrogen) atoms. The van der Waals surface area contributed by atoms with Gasteiger partial charge in [0.2, 0.25) is 0 Å². The first kappa shape index (κ1) is 24.9. The van der Waals surface area contributed by atoms with E-state index in [1.54, 1.807) is 54.4 Å². The molecule has 176 valence electrons. The number of anilines is 1. The van der Waals surface area contributed by atoms with E-state index in [0.29, 0.717) is 35.7 Å². The van der Waals surface area contributed by atoms with Crippen LogP contribution in [0, 0.1) is 0 Å². The first-order chi connectivity index (χ1) is 16.5. The van der Waals surface area contributed by atoms with Crippen LogP contribution in [-0.4, -0.2) is 35.5 Å². The van der Waals surface area contributed by atoms with Crippen molar-refractivity contribution in [3.63, 3.8) is 0 Å². The molecule has 0 aliphatic carbocycles. The molecule has 0 fully saturated rings. The van der Waals surface area contributed by atoms with Gasteiger partial charge in [0.15, 0.2) is 5.11 Å². The smallest absolute Gasteiger partial charge is 0.261 e. The molecule has 3 aromatic carbocycles. The molecule has 2 amide bonds. The summed E-state index contributed by atoms with van der Waals surface area (Å²) in [4.78, 5) is 27.3. The first-order valence-electron chi connectivity index (χ1n) is 11.2. The molecule has 7 heteroatoms. The van der Waals surface area contributed by atoms with E-state index >= 15 is 0 Å². The van der Waals surface area contributed by atoms with Crippen molar-refractivity contribution in [2.75, 3.05) is 19.0 Å². The van der Waals surface area contributed by atoms with Crippen LogP contribution < -0.4 is 15.4 Å². The number of hydrogen-bond acceptors (Lipinski definition) is 4. The molecule has 0 aliphatic rings. The van der Waals surface area contributed by atoms with E-state index in [-0.39, 0.29) is 16.9 Å². The summed E-state index contributed by atoms with van der Waals surface area (Å²) in [5.41, 5.74) is 2.59. The molecule has 3 rings (SSSR count). The van der Waals surface area contributed by atoms with Crippen molar-refractivity contribution in [3.05, 3.63) is 95.6 Å². The number of para-hydroxylation sites is 1. The largest absolute Gasteiger partial charge is 0.493 e.